The van der Waals surface area contributed by atoms with E-state index in [0.717, 1.165) is 11.8 Å². The van der Waals surface area contributed by atoms with Gasteiger partial charge in [-0.15, -0.1) is 0 Å². The Bertz CT molecular complexity index is 260. The zero-order chi connectivity index (χ0) is 12.8. The van der Waals surface area contributed by atoms with E-state index >= 15 is 0 Å². The van der Waals surface area contributed by atoms with Crippen LogP contribution in [0.2, 0.25) is 0 Å². The van der Waals surface area contributed by atoms with Crippen molar-refractivity contribution in [2.75, 3.05) is 33.2 Å². The number of hydrogen-bond donors (Lipinski definition) is 1. The van der Waals surface area contributed by atoms with Crippen molar-refractivity contribution < 1.29 is 0 Å². The third-order valence-corrected chi connectivity index (χ3v) is 4.75. The van der Waals surface area contributed by atoms with E-state index in [2.05, 4.69) is 30.3 Å². The van der Waals surface area contributed by atoms with Crippen LogP contribution in [0.25, 0.3) is 0 Å². The molecule has 0 aromatic heterocycles. The van der Waals surface area contributed by atoms with E-state index < -0.39 is 0 Å². The highest BCUT2D eigenvalue weighted by Crippen LogP contribution is 2.26. The maximum atomic E-state index is 3.68. The zero-order valence-corrected chi connectivity index (χ0v) is 12.3. The molecule has 1 N–H and O–H groups in total. The molecule has 104 valence electrons. The molecule has 1 unspecified atom stereocenters. The lowest BCUT2D eigenvalue weighted by molar-refractivity contribution is 0.211. The van der Waals surface area contributed by atoms with Gasteiger partial charge < -0.3 is 10.2 Å². The molecule has 0 amide bonds. The lowest BCUT2D eigenvalue weighted by atomic mass is 9.94. The van der Waals surface area contributed by atoms with Gasteiger partial charge in [0.05, 0.1) is 0 Å². The van der Waals surface area contributed by atoms with Crippen molar-refractivity contribution in [2.45, 2.75) is 45.4 Å². The molecular formula is C16H30N2. The topological polar surface area (TPSA) is 15.3 Å². The van der Waals surface area contributed by atoms with Crippen molar-refractivity contribution in [1.82, 2.24) is 10.2 Å². The van der Waals surface area contributed by atoms with Crippen molar-refractivity contribution in [1.29, 1.82) is 0 Å². The van der Waals surface area contributed by atoms with Crippen LogP contribution in [-0.4, -0.2) is 38.1 Å². The summed E-state index contributed by atoms with van der Waals surface area (Å²) in [6, 6.07) is 0. The second-order valence-corrected chi connectivity index (χ2v) is 6.26. The minimum absolute atomic E-state index is 0.887. The van der Waals surface area contributed by atoms with Gasteiger partial charge in [-0.3, -0.25) is 0 Å². The molecule has 2 nitrogen and oxygen atoms in total. The molecule has 0 bridgehead atoms. The predicted octanol–water partition coefficient (Wildman–Crippen LogP) is 3.05. The fourth-order valence-corrected chi connectivity index (χ4v) is 3.28. The number of nitrogens with zero attached hydrogens (tertiary/aromatic N) is 1. The highest BCUT2D eigenvalue weighted by atomic mass is 15.1. The summed E-state index contributed by atoms with van der Waals surface area (Å²) in [7, 11) is 2.24. The second kappa shape index (κ2) is 7.30. The van der Waals surface area contributed by atoms with Crippen molar-refractivity contribution in [3.63, 3.8) is 0 Å². The molecule has 0 spiro atoms. The lowest BCUT2D eigenvalue weighted by Gasteiger charge is -2.29. The summed E-state index contributed by atoms with van der Waals surface area (Å²) in [5.41, 5.74) is 1.68. The van der Waals surface area contributed by atoms with E-state index in [1.807, 2.05) is 0 Å². The average Bonchev–Trinajstić information content (AvgIpc) is 2.85. The van der Waals surface area contributed by atoms with Crippen molar-refractivity contribution in [2.24, 2.45) is 11.8 Å². The van der Waals surface area contributed by atoms with Crippen molar-refractivity contribution in [3.8, 4) is 0 Å². The van der Waals surface area contributed by atoms with E-state index in [9.17, 15) is 0 Å². The Balaban J connectivity index is 1.49. The minimum Gasteiger partial charge on any atom is -0.316 e. The molecular weight excluding hydrogens is 220 g/mol. The summed E-state index contributed by atoms with van der Waals surface area (Å²) >= 11 is 0. The molecule has 1 heterocycles. The van der Waals surface area contributed by atoms with Crippen LogP contribution in [-0.2, 0) is 0 Å². The maximum absolute atomic E-state index is 3.68. The molecule has 1 aliphatic carbocycles. The van der Waals surface area contributed by atoms with Crippen LogP contribution in [0.15, 0.2) is 11.6 Å². The Labute approximate surface area is 113 Å². The molecule has 1 aliphatic heterocycles. The molecule has 18 heavy (non-hydrogen) atoms. The standard InChI is InChI=1S/C16H30N2/c1-3-14-4-5-16(12-14)13-17-9-6-15-7-10-18(2)11-8-15/h4,15-17H,3,5-13H2,1-2H3. The lowest BCUT2D eigenvalue weighted by Crippen LogP contribution is -2.32. The number of hydrogen-bond acceptors (Lipinski definition) is 2. The van der Waals surface area contributed by atoms with Crippen molar-refractivity contribution >= 4 is 0 Å². The minimum atomic E-state index is 0.887. The summed E-state index contributed by atoms with van der Waals surface area (Å²) in [4.78, 5) is 2.46. The van der Waals surface area contributed by atoms with Gasteiger partial charge in [0.15, 0.2) is 0 Å². The van der Waals surface area contributed by atoms with E-state index in [-0.39, 0.29) is 0 Å². The van der Waals surface area contributed by atoms with Gasteiger partial charge in [-0.25, -0.2) is 0 Å². The molecule has 0 radical (unpaired) electrons. The number of allylic oxidation sites excluding steroid dienone is 2. The van der Waals surface area contributed by atoms with Crippen LogP contribution in [0, 0.1) is 11.8 Å². The van der Waals surface area contributed by atoms with Crippen LogP contribution < -0.4 is 5.32 Å². The molecule has 1 atom stereocenters. The molecule has 2 heteroatoms. The number of likely N-dealkylation sites (tertiary alicyclic amines) is 1. The number of nitrogens with one attached hydrogen (secondary N) is 1. The van der Waals surface area contributed by atoms with E-state index in [1.54, 1.807) is 5.57 Å². The molecule has 2 rings (SSSR count). The van der Waals surface area contributed by atoms with Crippen molar-refractivity contribution in [3.05, 3.63) is 11.6 Å². The van der Waals surface area contributed by atoms with Gasteiger partial charge in [0.25, 0.3) is 0 Å². The number of rotatable bonds is 6. The summed E-state index contributed by atoms with van der Waals surface area (Å²) in [5, 5.41) is 3.68. The fourth-order valence-electron chi connectivity index (χ4n) is 3.28. The molecule has 2 aliphatic rings. The summed E-state index contributed by atoms with van der Waals surface area (Å²) in [5.74, 6) is 1.86. The third kappa shape index (κ3) is 4.40. The summed E-state index contributed by atoms with van der Waals surface area (Å²) in [6.07, 6.45) is 10.6. The highest BCUT2D eigenvalue weighted by molar-refractivity contribution is 5.09. The molecule has 0 aromatic rings. The summed E-state index contributed by atoms with van der Waals surface area (Å²) < 4.78 is 0. The maximum Gasteiger partial charge on any atom is -0.00145 e. The largest absolute Gasteiger partial charge is 0.316 e. The van der Waals surface area contributed by atoms with E-state index in [4.69, 9.17) is 0 Å². The Morgan fingerprint density at radius 2 is 2.06 bits per heavy atom. The first-order chi connectivity index (χ1) is 8.78. The molecule has 0 saturated carbocycles. The van der Waals surface area contributed by atoms with Gasteiger partial charge in [0.2, 0.25) is 0 Å². The van der Waals surface area contributed by atoms with E-state index in [1.165, 1.54) is 64.7 Å². The monoisotopic (exact) mass is 250 g/mol. The zero-order valence-electron chi connectivity index (χ0n) is 12.3. The summed E-state index contributed by atoms with van der Waals surface area (Å²) in [6.45, 7) is 7.34. The Morgan fingerprint density at radius 3 is 2.72 bits per heavy atom. The van der Waals surface area contributed by atoms with Gasteiger partial charge >= 0.3 is 0 Å². The normalized spacial score (nSPS) is 26.6. The SMILES string of the molecule is CCC1=CCC(CNCCC2CCN(C)CC2)C1. The molecule has 1 fully saturated rings. The van der Waals surface area contributed by atoms with Crippen LogP contribution in [0.4, 0.5) is 0 Å². The van der Waals surface area contributed by atoms with Gasteiger partial charge in [-0.1, -0.05) is 18.6 Å². The Kier molecular flexibility index (Phi) is 5.71. The third-order valence-electron chi connectivity index (χ3n) is 4.75. The van der Waals surface area contributed by atoms with Crippen LogP contribution in [0.3, 0.4) is 0 Å². The van der Waals surface area contributed by atoms with Gasteiger partial charge in [-0.2, -0.15) is 0 Å². The van der Waals surface area contributed by atoms with Crippen LogP contribution >= 0.6 is 0 Å². The first-order valence-electron chi connectivity index (χ1n) is 7.85. The van der Waals surface area contributed by atoms with Gasteiger partial charge in [-0.05, 0) is 83.6 Å². The Hall–Kier alpha value is -0.340. The first-order valence-corrected chi connectivity index (χ1v) is 7.85. The Morgan fingerprint density at radius 1 is 1.28 bits per heavy atom. The average molecular weight is 250 g/mol. The molecule has 0 aromatic carbocycles. The first kappa shape index (κ1) is 14.1. The van der Waals surface area contributed by atoms with Gasteiger partial charge in [0.1, 0.15) is 0 Å². The smallest absolute Gasteiger partial charge is 0.00145 e. The van der Waals surface area contributed by atoms with Crippen LogP contribution in [0.1, 0.15) is 45.4 Å². The molecule has 1 saturated heterocycles. The van der Waals surface area contributed by atoms with Crippen LogP contribution in [0.5, 0.6) is 0 Å². The van der Waals surface area contributed by atoms with E-state index in [0.29, 0.717) is 0 Å². The highest BCUT2D eigenvalue weighted by Gasteiger charge is 2.17. The second-order valence-electron chi connectivity index (χ2n) is 6.26. The van der Waals surface area contributed by atoms with Gasteiger partial charge in [0, 0.05) is 0 Å². The quantitative estimate of drug-likeness (QED) is 0.576. The fraction of sp³-hybridized carbons (Fsp3) is 0.875. The number of piperidine rings is 1. The predicted molar refractivity (Wildman–Crippen MR) is 78.8 cm³/mol.